The lowest BCUT2D eigenvalue weighted by Gasteiger charge is -2.09. The van der Waals surface area contributed by atoms with Crippen LogP contribution in [0.25, 0.3) is 0 Å². The number of hydrogen-bond acceptors (Lipinski definition) is 6. The van der Waals surface area contributed by atoms with E-state index in [1.165, 1.54) is 12.3 Å². The first kappa shape index (κ1) is 15.5. The predicted molar refractivity (Wildman–Crippen MR) is 73.5 cm³/mol. The number of hydrogen-bond donors (Lipinski definition) is 2. The third-order valence-electron chi connectivity index (χ3n) is 2.62. The van der Waals surface area contributed by atoms with Gasteiger partial charge in [-0.15, -0.1) is 0 Å². The Morgan fingerprint density at radius 2 is 1.71 bits per heavy atom. The number of benzene rings is 1. The second-order valence-electron chi connectivity index (χ2n) is 4.07. The van der Waals surface area contributed by atoms with Crippen LogP contribution in [0.1, 0.15) is 6.92 Å². The molecule has 0 saturated heterocycles. The minimum Gasteiger partial charge on any atom is -0.508 e. The third kappa shape index (κ3) is 3.23. The van der Waals surface area contributed by atoms with Crippen LogP contribution in [0.4, 0.5) is 0 Å². The van der Waals surface area contributed by atoms with Crippen LogP contribution in [0.3, 0.4) is 0 Å². The van der Waals surface area contributed by atoms with Crippen LogP contribution in [-0.4, -0.2) is 31.7 Å². The standard InChI is InChI=1S/C11H13N3O5S2/c1-2-14-11(7-8-12-14)21(18,19)13-20(16,17)10-5-3-9(15)4-6-10/h3-8,13,15H,2H2,1H3. The van der Waals surface area contributed by atoms with Gasteiger partial charge in [-0.25, -0.2) is 16.8 Å². The highest BCUT2D eigenvalue weighted by molar-refractivity contribution is 8.04. The summed E-state index contributed by atoms with van der Waals surface area (Å²) in [7, 11) is -8.55. The normalized spacial score (nSPS) is 12.4. The quantitative estimate of drug-likeness (QED) is 0.812. The van der Waals surface area contributed by atoms with Gasteiger partial charge >= 0.3 is 0 Å². The molecule has 8 nitrogen and oxygen atoms in total. The summed E-state index contributed by atoms with van der Waals surface area (Å²) < 4.78 is 51.2. The van der Waals surface area contributed by atoms with E-state index in [1.54, 1.807) is 11.1 Å². The molecule has 0 fully saturated rings. The first-order valence-electron chi connectivity index (χ1n) is 5.86. The molecule has 1 aromatic heterocycles. The van der Waals surface area contributed by atoms with Gasteiger partial charge in [-0.3, -0.25) is 4.68 Å². The van der Waals surface area contributed by atoms with Crippen LogP contribution in [0, 0.1) is 0 Å². The zero-order valence-electron chi connectivity index (χ0n) is 11.0. The summed E-state index contributed by atoms with van der Waals surface area (Å²) >= 11 is 0. The minimum atomic E-state index is -4.28. The summed E-state index contributed by atoms with van der Waals surface area (Å²) in [5, 5.41) is 12.7. The highest BCUT2D eigenvalue weighted by Crippen LogP contribution is 2.16. The molecule has 0 saturated carbocycles. The largest absolute Gasteiger partial charge is 0.508 e. The Bertz CT molecular complexity index is 838. The number of aromatic hydroxyl groups is 1. The molecule has 10 heteroatoms. The van der Waals surface area contributed by atoms with Gasteiger partial charge in [0.2, 0.25) is 0 Å². The molecule has 0 spiro atoms. The van der Waals surface area contributed by atoms with Crippen LogP contribution in [0.5, 0.6) is 5.75 Å². The lowest BCUT2D eigenvalue weighted by atomic mass is 10.3. The van der Waals surface area contributed by atoms with Gasteiger partial charge in [0.05, 0.1) is 11.1 Å². The van der Waals surface area contributed by atoms with Gasteiger partial charge in [0.25, 0.3) is 20.0 Å². The Hall–Kier alpha value is -1.91. The molecule has 2 rings (SSSR count). The summed E-state index contributed by atoms with van der Waals surface area (Å²) in [6.07, 6.45) is 1.27. The minimum absolute atomic E-state index is 0.124. The second kappa shape index (κ2) is 5.47. The third-order valence-corrected chi connectivity index (χ3v) is 6.16. The number of phenolic OH excluding ortho intramolecular Hbond substituents is 1. The van der Waals surface area contributed by atoms with E-state index in [-0.39, 0.29) is 22.2 Å². The maximum Gasteiger partial charge on any atom is 0.270 e. The molecule has 0 radical (unpaired) electrons. The molecule has 21 heavy (non-hydrogen) atoms. The van der Waals surface area contributed by atoms with Gasteiger partial charge in [0.1, 0.15) is 5.75 Å². The molecule has 114 valence electrons. The van der Waals surface area contributed by atoms with Gasteiger partial charge in [-0.05, 0) is 37.3 Å². The molecule has 0 unspecified atom stereocenters. The van der Waals surface area contributed by atoms with Gasteiger partial charge in [-0.1, -0.05) is 4.13 Å². The van der Waals surface area contributed by atoms with Crippen molar-refractivity contribution in [1.82, 2.24) is 13.9 Å². The number of phenols is 1. The van der Waals surface area contributed by atoms with Crippen LogP contribution in [0.15, 0.2) is 46.5 Å². The second-order valence-corrected chi connectivity index (χ2v) is 7.64. The molecule has 0 amide bonds. The number of nitrogens with one attached hydrogen (secondary N) is 1. The van der Waals surface area contributed by atoms with Crippen molar-refractivity contribution in [3.05, 3.63) is 36.5 Å². The van der Waals surface area contributed by atoms with Gasteiger partial charge in [-0.2, -0.15) is 5.10 Å². The lowest BCUT2D eigenvalue weighted by molar-refractivity contribution is 0.475. The Labute approximate surface area is 122 Å². The van der Waals surface area contributed by atoms with E-state index in [0.29, 0.717) is 0 Å². The maximum absolute atomic E-state index is 12.1. The Morgan fingerprint density at radius 1 is 1.10 bits per heavy atom. The average Bonchev–Trinajstić information content (AvgIpc) is 2.87. The summed E-state index contributed by atoms with van der Waals surface area (Å²) in [4.78, 5) is -0.272. The van der Waals surface area contributed by atoms with E-state index < -0.39 is 20.0 Å². The van der Waals surface area contributed by atoms with Gasteiger partial charge < -0.3 is 5.11 Å². The maximum atomic E-state index is 12.1. The molecular formula is C11H13N3O5S2. The Morgan fingerprint density at radius 3 is 2.29 bits per heavy atom. The number of nitrogens with zero attached hydrogens (tertiary/aromatic N) is 2. The summed E-state index contributed by atoms with van der Waals surface area (Å²) in [6.45, 7) is 1.96. The van der Waals surface area contributed by atoms with Crippen LogP contribution < -0.4 is 4.13 Å². The number of aromatic nitrogens is 2. The van der Waals surface area contributed by atoms with Crippen molar-refractivity contribution in [2.24, 2.45) is 0 Å². The summed E-state index contributed by atoms with van der Waals surface area (Å²) in [5.41, 5.74) is 0. The zero-order chi connectivity index (χ0) is 15.7. The predicted octanol–water partition coefficient (Wildman–Crippen LogP) is 0.276. The van der Waals surface area contributed by atoms with E-state index in [1.807, 2.05) is 0 Å². The summed E-state index contributed by atoms with van der Waals surface area (Å²) in [6, 6.07) is 5.71. The zero-order valence-corrected chi connectivity index (χ0v) is 12.6. The first-order valence-corrected chi connectivity index (χ1v) is 8.82. The molecule has 0 aliphatic rings. The average molecular weight is 331 g/mol. The molecule has 1 heterocycles. The molecule has 0 aliphatic carbocycles. The lowest BCUT2D eigenvalue weighted by Crippen LogP contribution is -2.32. The SMILES string of the molecule is CCn1nccc1S(=O)(=O)NS(=O)(=O)c1ccc(O)cc1. The summed E-state index contributed by atoms with van der Waals surface area (Å²) in [5.74, 6) is -0.124. The molecule has 0 aliphatic heterocycles. The first-order chi connectivity index (χ1) is 9.76. The Balaban J connectivity index is 2.38. The van der Waals surface area contributed by atoms with Crippen LogP contribution >= 0.6 is 0 Å². The van der Waals surface area contributed by atoms with E-state index >= 15 is 0 Å². The van der Waals surface area contributed by atoms with Gasteiger partial charge in [0, 0.05) is 6.54 Å². The molecule has 0 atom stereocenters. The fourth-order valence-corrected chi connectivity index (χ4v) is 4.72. The molecule has 0 bridgehead atoms. The fourth-order valence-electron chi connectivity index (χ4n) is 1.65. The van der Waals surface area contributed by atoms with Crippen molar-refractivity contribution < 1.29 is 21.9 Å². The highest BCUT2D eigenvalue weighted by atomic mass is 32.3. The van der Waals surface area contributed by atoms with E-state index in [2.05, 4.69) is 5.10 Å². The topological polar surface area (TPSA) is 118 Å². The Kier molecular flexibility index (Phi) is 4.03. The molecule has 2 aromatic rings. The molecule has 1 aromatic carbocycles. The van der Waals surface area contributed by atoms with Crippen molar-refractivity contribution >= 4 is 20.0 Å². The number of aryl methyl sites for hydroxylation is 1. The van der Waals surface area contributed by atoms with E-state index in [4.69, 9.17) is 5.11 Å². The fraction of sp³-hybridized carbons (Fsp3) is 0.182. The van der Waals surface area contributed by atoms with Crippen molar-refractivity contribution in [1.29, 1.82) is 0 Å². The smallest absolute Gasteiger partial charge is 0.270 e. The van der Waals surface area contributed by atoms with Crippen LogP contribution in [0.2, 0.25) is 0 Å². The van der Waals surface area contributed by atoms with Crippen molar-refractivity contribution in [2.75, 3.05) is 0 Å². The molecular weight excluding hydrogens is 318 g/mol. The van der Waals surface area contributed by atoms with Crippen molar-refractivity contribution in [2.45, 2.75) is 23.4 Å². The monoisotopic (exact) mass is 331 g/mol. The number of rotatable bonds is 5. The van der Waals surface area contributed by atoms with E-state index in [0.717, 1.165) is 28.9 Å². The van der Waals surface area contributed by atoms with Crippen molar-refractivity contribution in [3.8, 4) is 5.75 Å². The highest BCUT2D eigenvalue weighted by Gasteiger charge is 2.27. The number of sulfonamides is 2. The van der Waals surface area contributed by atoms with E-state index in [9.17, 15) is 16.8 Å². The van der Waals surface area contributed by atoms with Gasteiger partial charge in [0.15, 0.2) is 5.03 Å². The molecule has 2 N–H and O–H groups in total. The van der Waals surface area contributed by atoms with Crippen molar-refractivity contribution in [3.63, 3.8) is 0 Å². The van der Waals surface area contributed by atoms with Crippen LogP contribution in [-0.2, 0) is 26.6 Å².